The third-order valence-electron chi connectivity index (χ3n) is 2.48. The van der Waals surface area contributed by atoms with E-state index in [1.807, 2.05) is 32.9 Å². The standard InChI is InChI=1S/C13H14ClNO/c1-8(2)11(7-15)13(16)10-5-4-9(3)6-12(10)14/h4-6,8,11H,1-3H3. The number of nitrogens with zero attached hydrogens (tertiary/aromatic N) is 1. The van der Waals surface area contributed by atoms with Crippen LogP contribution in [0.3, 0.4) is 0 Å². The van der Waals surface area contributed by atoms with Crippen LogP contribution in [0.1, 0.15) is 29.8 Å². The molecule has 16 heavy (non-hydrogen) atoms. The molecule has 0 saturated carbocycles. The number of carbonyl (C=O) groups excluding carboxylic acids is 1. The first kappa shape index (κ1) is 12.7. The van der Waals surface area contributed by atoms with E-state index in [0.29, 0.717) is 10.6 Å². The van der Waals surface area contributed by atoms with E-state index in [-0.39, 0.29) is 11.7 Å². The Hall–Kier alpha value is -1.33. The van der Waals surface area contributed by atoms with Crippen molar-refractivity contribution in [3.05, 3.63) is 34.3 Å². The number of nitriles is 1. The maximum Gasteiger partial charge on any atom is 0.181 e. The maximum absolute atomic E-state index is 12.0. The van der Waals surface area contributed by atoms with Gasteiger partial charge >= 0.3 is 0 Å². The van der Waals surface area contributed by atoms with Crippen LogP contribution in [0.4, 0.5) is 0 Å². The quantitative estimate of drug-likeness (QED) is 0.751. The molecule has 0 fully saturated rings. The van der Waals surface area contributed by atoms with Crippen LogP contribution in [0.2, 0.25) is 5.02 Å². The summed E-state index contributed by atoms with van der Waals surface area (Å²) >= 11 is 6.00. The number of benzene rings is 1. The summed E-state index contributed by atoms with van der Waals surface area (Å²) in [5.74, 6) is -0.822. The molecule has 1 aromatic rings. The van der Waals surface area contributed by atoms with Crippen molar-refractivity contribution in [3.8, 4) is 6.07 Å². The van der Waals surface area contributed by atoms with Crippen molar-refractivity contribution >= 4 is 17.4 Å². The largest absolute Gasteiger partial charge is 0.293 e. The van der Waals surface area contributed by atoms with Gasteiger partial charge in [-0.2, -0.15) is 5.26 Å². The number of hydrogen-bond donors (Lipinski definition) is 0. The van der Waals surface area contributed by atoms with Crippen molar-refractivity contribution in [1.82, 2.24) is 0 Å². The van der Waals surface area contributed by atoms with Gasteiger partial charge in [-0.05, 0) is 30.5 Å². The SMILES string of the molecule is Cc1ccc(C(=O)C(C#N)C(C)C)c(Cl)c1. The van der Waals surface area contributed by atoms with Gasteiger partial charge in [0, 0.05) is 5.56 Å². The van der Waals surface area contributed by atoms with Gasteiger partial charge < -0.3 is 0 Å². The fourth-order valence-electron chi connectivity index (χ4n) is 1.50. The van der Waals surface area contributed by atoms with Crippen LogP contribution in [0.25, 0.3) is 0 Å². The lowest BCUT2D eigenvalue weighted by Gasteiger charge is -2.12. The Labute approximate surface area is 101 Å². The number of ketones is 1. The molecule has 1 rings (SSSR count). The van der Waals surface area contributed by atoms with Crippen LogP contribution < -0.4 is 0 Å². The van der Waals surface area contributed by atoms with Gasteiger partial charge in [-0.1, -0.05) is 31.5 Å². The van der Waals surface area contributed by atoms with Gasteiger partial charge in [0.2, 0.25) is 0 Å². The normalized spacial score (nSPS) is 12.2. The lowest BCUT2D eigenvalue weighted by molar-refractivity contribution is 0.0924. The van der Waals surface area contributed by atoms with Gasteiger partial charge in [0.1, 0.15) is 5.92 Å². The zero-order valence-electron chi connectivity index (χ0n) is 9.62. The lowest BCUT2D eigenvalue weighted by Crippen LogP contribution is -2.19. The van der Waals surface area contributed by atoms with Crippen LogP contribution in [-0.2, 0) is 0 Å². The van der Waals surface area contributed by atoms with Crippen LogP contribution in [0.15, 0.2) is 18.2 Å². The van der Waals surface area contributed by atoms with Gasteiger partial charge in [-0.25, -0.2) is 0 Å². The molecule has 1 atom stereocenters. The summed E-state index contributed by atoms with van der Waals surface area (Å²) in [6.45, 7) is 5.62. The number of carbonyl (C=O) groups is 1. The maximum atomic E-state index is 12.0. The highest BCUT2D eigenvalue weighted by Crippen LogP contribution is 2.23. The Kier molecular flexibility index (Phi) is 4.09. The molecule has 84 valence electrons. The van der Waals surface area contributed by atoms with Gasteiger partial charge in [-0.3, -0.25) is 4.79 Å². The van der Waals surface area contributed by atoms with Crippen LogP contribution in [0, 0.1) is 30.1 Å². The molecular formula is C13H14ClNO. The highest BCUT2D eigenvalue weighted by molar-refractivity contribution is 6.34. The Balaban J connectivity index is 3.10. The lowest BCUT2D eigenvalue weighted by atomic mass is 9.89. The van der Waals surface area contributed by atoms with Crippen LogP contribution in [0.5, 0.6) is 0 Å². The average Bonchev–Trinajstić information content (AvgIpc) is 2.17. The minimum absolute atomic E-state index is 0.00475. The van der Waals surface area contributed by atoms with Crippen molar-refractivity contribution in [1.29, 1.82) is 5.26 Å². The number of aryl methyl sites for hydroxylation is 1. The Bertz CT molecular complexity index is 446. The second-order valence-corrected chi connectivity index (χ2v) is 4.61. The van der Waals surface area contributed by atoms with Gasteiger partial charge in [-0.15, -0.1) is 0 Å². The number of Topliss-reactive ketones (excluding diaryl/α,β-unsaturated/α-hetero) is 1. The summed E-state index contributed by atoms with van der Waals surface area (Å²) < 4.78 is 0. The van der Waals surface area contributed by atoms with Crippen molar-refractivity contribution in [2.45, 2.75) is 20.8 Å². The molecule has 1 unspecified atom stereocenters. The zero-order valence-corrected chi connectivity index (χ0v) is 10.4. The minimum atomic E-state index is -0.625. The molecule has 2 nitrogen and oxygen atoms in total. The molecule has 0 aromatic heterocycles. The molecule has 0 N–H and O–H groups in total. The van der Waals surface area contributed by atoms with Crippen molar-refractivity contribution < 1.29 is 4.79 Å². The highest BCUT2D eigenvalue weighted by atomic mass is 35.5. The molecule has 0 aliphatic carbocycles. The van der Waals surface area contributed by atoms with Gasteiger partial charge in [0.05, 0.1) is 11.1 Å². The predicted octanol–water partition coefficient (Wildman–Crippen LogP) is 3.63. The Morgan fingerprint density at radius 2 is 2.06 bits per heavy atom. The van der Waals surface area contributed by atoms with E-state index in [1.165, 1.54) is 0 Å². The number of halogens is 1. The average molecular weight is 236 g/mol. The van der Waals surface area contributed by atoms with E-state index in [4.69, 9.17) is 16.9 Å². The third-order valence-corrected chi connectivity index (χ3v) is 2.79. The van der Waals surface area contributed by atoms with Gasteiger partial charge in [0.15, 0.2) is 5.78 Å². The molecule has 0 amide bonds. The zero-order chi connectivity index (χ0) is 12.3. The molecule has 0 spiro atoms. The summed E-state index contributed by atoms with van der Waals surface area (Å²) in [5, 5.41) is 9.38. The summed E-state index contributed by atoms with van der Waals surface area (Å²) in [4.78, 5) is 12.0. The molecule has 1 aromatic carbocycles. The first-order valence-electron chi connectivity index (χ1n) is 5.17. The van der Waals surface area contributed by atoms with E-state index < -0.39 is 5.92 Å². The van der Waals surface area contributed by atoms with E-state index >= 15 is 0 Å². The summed E-state index contributed by atoms with van der Waals surface area (Å²) in [7, 11) is 0. The number of rotatable bonds is 3. The Morgan fingerprint density at radius 3 is 2.50 bits per heavy atom. The third kappa shape index (κ3) is 2.62. The van der Waals surface area contributed by atoms with E-state index in [0.717, 1.165) is 5.56 Å². The summed E-state index contributed by atoms with van der Waals surface area (Å²) in [6, 6.07) is 7.29. The molecule has 0 aliphatic heterocycles. The number of hydrogen-bond acceptors (Lipinski definition) is 2. The molecule has 0 bridgehead atoms. The first-order chi connectivity index (χ1) is 7.47. The fraction of sp³-hybridized carbons (Fsp3) is 0.385. The van der Waals surface area contributed by atoms with E-state index in [9.17, 15) is 4.79 Å². The van der Waals surface area contributed by atoms with Crippen molar-refractivity contribution in [3.63, 3.8) is 0 Å². The topological polar surface area (TPSA) is 40.9 Å². The van der Waals surface area contributed by atoms with E-state index in [2.05, 4.69) is 0 Å². The molecule has 3 heteroatoms. The summed E-state index contributed by atoms with van der Waals surface area (Å²) in [5.41, 5.74) is 1.44. The first-order valence-corrected chi connectivity index (χ1v) is 5.55. The summed E-state index contributed by atoms with van der Waals surface area (Å²) in [6.07, 6.45) is 0. The highest BCUT2D eigenvalue weighted by Gasteiger charge is 2.24. The molecule has 0 aliphatic rings. The second kappa shape index (κ2) is 5.14. The Morgan fingerprint density at radius 1 is 1.44 bits per heavy atom. The molecule has 0 radical (unpaired) electrons. The van der Waals surface area contributed by atoms with E-state index in [1.54, 1.807) is 12.1 Å². The predicted molar refractivity (Wildman–Crippen MR) is 64.5 cm³/mol. The van der Waals surface area contributed by atoms with Crippen molar-refractivity contribution in [2.75, 3.05) is 0 Å². The minimum Gasteiger partial charge on any atom is -0.293 e. The van der Waals surface area contributed by atoms with Crippen LogP contribution in [-0.4, -0.2) is 5.78 Å². The fourth-order valence-corrected chi connectivity index (χ4v) is 1.83. The van der Waals surface area contributed by atoms with Crippen LogP contribution >= 0.6 is 11.6 Å². The van der Waals surface area contributed by atoms with Crippen molar-refractivity contribution in [2.24, 2.45) is 11.8 Å². The molecular weight excluding hydrogens is 222 g/mol. The molecule has 0 saturated heterocycles. The monoisotopic (exact) mass is 235 g/mol. The molecule has 0 heterocycles. The smallest absolute Gasteiger partial charge is 0.181 e. The second-order valence-electron chi connectivity index (χ2n) is 4.20. The van der Waals surface area contributed by atoms with Gasteiger partial charge in [0.25, 0.3) is 0 Å².